The third-order valence-electron chi connectivity index (χ3n) is 2.04. The van der Waals surface area contributed by atoms with E-state index in [1.54, 1.807) is 0 Å². The number of fused-ring (bicyclic) bond motifs is 1. The monoisotopic (exact) mass is 178 g/mol. The second-order valence-electron chi connectivity index (χ2n) is 2.70. The average molecular weight is 177 g/mol. The molecule has 2 unspecified atom stereocenters. The van der Waals surface area contributed by atoms with Crippen molar-refractivity contribution in [3.63, 3.8) is 0 Å². The molecule has 0 spiro atoms. The van der Waals surface area contributed by atoms with E-state index in [-0.39, 0.29) is 4.50 Å². The van der Waals surface area contributed by atoms with Crippen LogP contribution in [0.5, 0.6) is 0 Å². The molecule has 0 bridgehead atoms. The Bertz CT molecular complexity index is 113. The first kappa shape index (κ1) is 5.28. The fourth-order valence-electron chi connectivity index (χ4n) is 1.42. The molecule has 0 radical (unpaired) electrons. The van der Waals surface area contributed by atoms with Gasteiger partial charge in [0.05, 0.1) is 0 Å². The van der Waals surface area contributed by atoms with Crippen LogP contribution in [-0.4, -0.2) is 24.6 Å². The summed E-state index contributed by atoms with van der Waals surface area (Å²) in [4.78, 5) is 0.767. The number of hydrogen-bond donors (Lipinski definition) is 1. The Hall–Kier alpha value is 0.479. The summed E-state index contributed by atoms with van der Waals surface area (Å²) < 4.78 is -0.0920. The molecule has 1 saturated carbocycles. The topological polar surface area (TPSA) is 20.2 Å². The Balaban J connectivity index is 2.04. The van der Waals surface area contributed by atoms with Gasteiger partial charge in [-0.25, -0.2) is 0 Å². The van der Waals surface area contributed by atoms with Gasteiger partial charge in [-0.15, -0.1) is 0 Å². The van der Waals surface area contributed by atoms with Crippen LogP contribution in [0.3, 0.4) is 0 Å². The van der Waals surface area contributed by atoms with E-state index in [0.717, 1.165) is 11.2 Å². The molecule has 0 aromatic heterocycles. The number of hydrogen-bond acceptors (Lipinski definition) is 1. The predicted octanol–water partition coefficient (Wildman–Crippen LogP) is 0.755. The normalized spacial score (nSPS) is 52.9. The number of rotatable bonds is 0. The molecule has 2 heteroatoms. The summed E-state index contributed by atoms with van der Waals surface area (Å²) >= 11 is 0.615. The van der Waals surface area contributed by atoms with Gasteiger partial charge in [-0.2, -0.15) is 0 Å². The Labute approximate surface area is 55.6 Å². The summed E-state index contributed by atoms with van der Waals surface area (Å²) in [6.45, 7) is 0. The molecule has 1 aliphatic carbocycles. The molecule has 0 aromatic carbocycles. The standard InChI is InChI=1S/C6H10OSe/c7-6-4-2-1-3-5(6)8-6/h5,7H,1-4H2. The molecule has 1 saturated heterocycles. The van der Waals surface area contributed by atoms with E-state index in [1.807, 2.05) is 0 Å². The molecule has 1 N–H and O–H groups in total. The van der Waals surface area contributed by atoms with Gasteiger partial charge >= 0.3 is 55.1 Å². The summed E-state index contributed by atoms with van der Waals surface area (Å²) in [5.74, 6) is 0. The second kappa shape index (κ2) is 1.50. The first-order valence-corrected chi connectivity index (χ1v) is 5.06. The van der Waals surface area contributed by atoms with Crippen LogP contribution in [0.2, 0.25) is 4.82 Å². The van der Waals surface area contributed by atoms with Crippen LogP contribution >= 0.6 is 0 Å². The molecule has 2 atom stereocenters. The third-order valence-corrected chi connectivity index (χ3v) is 5.30. The number of aliphatic hydroxyl groups is 1. The van der Waals surface area contributed by atoms with Gasteiger partial charge in [0, 0.05) is 0 Å². The van der Waals surface area contributed by atoms with Crippen molar-refractivity contribution in [1.29, 1.82) is 0 Å². The van der Waals surface area contributed by atoms with E-state index in [1.165, 1.54) is 19.3 Å². The van der Waals surface area contributed by atoms with Crippen molar-refractivity contribution in [1.82, 2.24) is 0 Å². The van der Waals surface area contributed by atoms with Crippen LogP contribution < -0.4 is 0 Å². The van der Waals surface area contributed by atoms with Gasteiger partial charge in [0.25, 0.3) is 0 Å². The molecule has 8 heavy (non-hydrogen) atoms. The minimum absolute atomic E-state index is 0.0920. The van der Waals surface area contributed by atoms with Gasteiger partial charge in [0.1, 0.15) is 0 Å². The van der Waals surface area contributed by atoms with Gasteiger partial charge < -0.3 is 0 Å². The Morgan fingerprint density at radius 1 is 1.50 bits per heavy atom. The molecular formula is C6H10OSe. The first-order valence-electron chi connectivity index (χ1n) is 3.21. The van der Waals surface area contributed by atoms with Crippen LogP contribution in [0.15, 0.2) is 0 Å². The zero-order chi connectivity index (χ0) is 5.61. The fourth-order valence-corrected chi connectivity index (χ4v) is 3.96. The zero-order valence-electron chi connectivity index (χ0n) is 4.76. The van der Waals surface area contributed by atoms with Crippen molar-refractivity contribution < 1.29 is 5.11 Å². The maximum absolute atomic E-state index is 9.48. The van der Waals surface area contributed by atoms with Crippen LogP contribution in [-0.2, 0) is 0 Å². The summed E-state index contributed by atoms with van der Waals surface area (Å²) in [5, 5.41) is 9.48. The maximum atomic E-state index is 9.48. The van der Waals surface area contributed by atoms with Crippen LogP contribution in [0.1, 0.15) is 25.7 Å². The molecule has 2 fully saturated rings. The van der Waals surface area contributed by atoms with Crippen molar-refractivity contribution in [2.75, 3.05) is 0 Å². The quantitative estimate of drug-likeness (QED) is 0.541. The van der Waals surface area contributed by atoms with E-state index >= 15 is 0 Å². The molecule has 2 rings (SSSR count). The van der Waals surface area contributed by atoms with Crippen LogP contribution in [0.25, 0.3) is 0 Å². The average Bonchev–Trinajstić information content (AvgIpc) is 2.39. The van der Waals surface area contributed by atoms with E-state index in [0.29, 0.717) is 15.0 Å². The summed E-state index contributed by atoms with van der Waals surface area (Å²) in [7, 11) is 0. The molecular weight excluding hydrogens is 167 g/mol. The summed E-state index contributed by atoms with van der Waals surface area (Å²) in [6.07, 6.45) is 5.07. The molecule has 0 aromatic rings. The van der Waals surface area contributed by atoms with Gasteiger partial charge in [0.15, 0.2) is 0 Å². The third kappa shape index (κ3) is 0.637. The van der Waals surface area contributed by atoms with Crippen molar-refractivity contribution in [3.8, 4) is 0 Å². The summed E-state index contributed by atoms with van der Waals surface area (Å²) in [5.41, 5.74) is 0. The molecule has 0 amide bonds. The molecule has 46 valence electrons. The van der Waals surface area contributed by atoms with Gasteiger partial charge in [-0.1, -0.05) is 0 Å². The first-order chi connectivity index (χ1) is 3.81. The Morgan fingerprint density at radius 3 is 2.88 bits per heavy atom. The van der Waals surface area contributed by atoms with E-state index in [2.05, 4.69) is 0 Å². The Morgan fingerprint density at radius 2 is 2.38 bits per heavy atom. The van der Waals surface area contributed by atoms with Crippen LogP contribution in [0.4, 0.5) is 0 Å². The minimum atomic E-state index is -0.0920. The molecule has 1 nitrogen and oxygen atoms in total. The zero-order valence-corrected chi connectivity index (χ0v) is 6.47. The second-order valence-corrected chi connectivity index (χ2v) is 5.87. The van der Waals surface area contributed by atoms with Crippen molar-refractivity contribution in [2.24, 2.45) is 0 Å². The SMILES string of the molecule is OC12CCCCC1[Se]2. The molecule has 1 aliphatic heterocycles. The molecule has 1 heterocycles. The van der Waals surface area contributed by atoms with Gasteiger partial charge in [-0.05, 0) is 0 Å². The van der Waals surface area contributed by atoms with Crippen LogP contribution in [0, 0.1) is 0 Å². The van der Waals surface area contributed by atoms with E-state index < -0.39 is 0 Å². The Kier molecular flexibility index (Phi) is 0.988. The van der Waals surface area contributed by atoms with Crippen molar-refractivity contribution >= 4 is 15.0 Å². The van der Waals surface area contributed by atoms with Crippen molar-refractivity contribution in [2.45, 2.75) is 35.0 Å². The van der Waals surface area contributed by atoms with E-state index in [4.69, 9.17) is 0 Å². The fraction of sp³-hybridized carbons (Fsp3) is 1.00. The van der Waals surface area contributed by atoms with Gasteiger partial charge in [-0.3, -0.25) is 0 Å². The summed E-state index contributed by atoms with van der Waals surface area (Å²) in [6, 6.07) is 0. The predicted molar refractivity (Wildman–Crippen MR) is 32.9 cm³/mol. The van der Waals surface area contributed by atoms with E-state index in [9.17, 15) is 5.11 Å². The van der Waals surface area contributed by atoms with Crippen molar-refractivity contribution in [3.05, 3.63) is 0 Å². The van der Waals surface area contributed by atoms with Gasteiger partial charge in [0.2, 0.25) is 0 Å². The molecule has 2 aliphatic rings.